The van der Waals surface area contributed by atoms with Crippen molar-refractivity contribution in [2.45, 2.75) is 12.5 Å². The Morgan fingerprint density at radius 1 is 1.47 bits per heavy atom. The molecule has 0 aliphatic carbocycles. The van der Waals surface area contributed by atoms with Crippen molar-refractivity contribution in [3.05, 3.63) is 45.5 Å². The molecule has 0 amide bonds. The van der Waals surface area contributed by atoms with E-state index in [2.05, 4.69) is 11.4 Å². The second-order valence-corrected chi connectivity index (χ2v) is 5.01. The number of likely N-dealkylation sites (N-methyl/N-ethyl adjacent to an activating group) is 1. The molecule has 2 heterocycles. The van der Waals surface area contributed by atoms with Gasteiger partial charge in [-0.15, -0.1) is 11.3 Å². The zero-order valence-electron chi connectivity index (χ0n) is 8.37. The summed E-state index contributed by atoms with van der Waals surface area (Å²) in [5, 5.41) is 3.26. The van der Waals surface area contributed by atoms with Crippen molar-refractivity contribution in [1.82, 2.24) is 5.32 Å². The highest BCUT2D eigenvalue weighted by molar-refractivity contribution is 7.16. The Labute approximate surface area is 97.9 Å². The first-order chi connectivity index (χ1) is 7.29. The minimum Gasteiger partial charge on any atom is -0.469 e. The van der Waals surface area contributed by atoms with Crippen LogP contribution in [0.5, 0.6) is 0 Å². The van der Waals surface area contributed by atoms with Crippen LogP contribution in [0.4, 0.5) is 0 Å². The van der Waals surface area contributed by atoms with Crippen LogP contribution in [0.15, 0.2) is 34.9 Å². The van der Waals surface area contributed by atoms with E-state index in [1.165, 1.54) is 4.88 Å². The number of hydrogen-bond donors (Lipinski definition) is 1. The van der Waals surface area contributed by atoms with Crippen LogP contribution in [-0.2, 0) is 6.42 Å². The standard InChI is InChI=1S/C11H12ClNOS/c1-13-9(7-8-3-2-6-14-8)10-4-5-11(12)15-10/h2-6,9,13H,7H2,1H3. The molecule has 1 atom stereocenters. The molecular weight excluding hydrogens is 230 g/mol. The highest BCUT2D eigenvalue weighted by atomic mass is 35.5. The SMILES string of the molecule is CNC(Cc1ccco1)c1ccc(Cl)s1. The van der Waals surface area contributed by atoms with E-state index in [0.29, 0.717) is 0 Å². The molecule has 0 spiro atoms. The second kappa shape index (κ2) is 4.84. The lowest BCUT2D eigenvalue weighted by Crippen LogP contribution is -2.17. The van der Waals surface area contributed by atoms with Crippen LogP contribution >= 0.6 is 22.9 Å². The summed E-state index contributed by atoms with van der Waals surface area (Å²) in [6.07, 6.45) is 2.55. The van der Waals surface area contributed by atoms with Crippen LogP contribution in [0.2, 0.25) is 4.34 Å². The van der Waals surface area contributed by atoms with Crippen molar-refractivity contribution in [3.8, 4) is 0 Å². The Balaban J connectivity index is 2.11. The first kappa shape index (κ1) is 10.7. The molecule has 80 valence electrons. The third-order valence-electron chi connectivity index (χ3n) is 2.27. The Kier molecular flexibility index (Phi) is 3.46. The lowest BCUT2D eigenvalue weighted by Gasteiger charge is -2.12. The van der Waals surface area contributed by atoms with Crippen molar-refractivity contribution in [1.29, 1.82) is 0 Å². The molecule has 0 aromatic carbocycles. The van der Waals surface area contributed by atoms with Crippen LogP contribution in [0.25, 0.3) is 0 Å². The molecule has 0 aliphatic rings. The summed E-state index contributed by atoms with van der Waals surface area (Å²) in [5.74, 6) is 0.985. The lowest BCUT2D eigenvalue weighted by molar-refractivity contribution is 0.469. The molecule has 1 unspecified atom stereocenters. The van der Waals surface area contributed by atoms with Gasteiger partial charge in [0.2, 0.25) is 0 Å². The molecule has 0 aliphatic heterocycles. The molecule has 2 rings (SSSR count). The van der Waals surface area contributed by atoms with Gasteiger partial charge in [-0.05, 0) is 31.3 Å². The van der Waals surface area contributed by atoms with Gasteiger partial charge < -0.3 is 9.73 Å². The van der Waals surface area contributed by atoms with E-state index in [-0.39, 0.29) is 6.04 Å². The molecule has 1 N–H and O–H groups in total. The number of nitrogens with one attached hydrogen (secondary N) is 1. The smallest absolute Gasteiger partial charge is 0.105 e. The summed E-state index contributed by atoms with van der Waals surface area (Å²) in [6, 6.07) is 8.14. The van der Waals surface area contributed by atoms with E-state index < -0.39 is 0 Å². The van der Waals surface area contributed by atoms with Gasteiger partial charge in [-0.3, -0.25) is 0 Å². The van der Waals surface area contributed by atoms with Crippen LogP contribution in [-0.4, -0.2) is 7.05 Å². The zero-order chi connectivity index (χ0) is 10.7. The topological polar surface area (TPSA) is 25.2 Å². The Bertz CT molecular complexity index is 410. The molecule has 0 bridgehead atoms. The van der Waals surface area contributed by atoms with Crippen molar-refractivity contribution in [3.63, 3.8) is 0 Å². The molecule has 0 radical (unpaired) electrons. The van der Waals surface area contributed by atoms with Gasteiger partial charge in [0, 0.05) is 17.3 Å². The van der Waals surface area contributed by atoms with Gasteiger partial charge in [0.15, 0.2) is 0 Å². The highest BCUT2D eigenvalue weighted by Crippen LogP contribution is 2.28. The molecule has 2 aromatic heterocycles. The molecule has 2 nitrogen and oxygen atoms in total. The summed E-state index contributed by atoms with van der Waals surface area (Å²) in [7, 11) is 1.95. The molecule has 15 heavy (non-hydrogen) atoms. The monoisotopic (exact) mass is 241 g/mol. The molecule has 0 saturated heterocycles. The summed E-state index contributed by atoms with van der Waals surface area (Å²) in [4.78, 5) is 1.24. The Morgan fingerprint density at radius 3 is 2.87 bits per heavy atom. The predicted octanol–water partition coefficient (Wildman–Crippen LogP) is 3.50. The lowest BCUT2D eigenvalue weighted by atomic mass is 10.1. The fourth-order valence-electron chi connectivity index (χ4n) is 1.49. The van der Waals surface area contributed by atoms with Crippen LogP contribution < -0.4 is 5.32 Å². The fraction of sp³-hybridized carbons (Fsp3) is 0.273. The van der Waals surface area contributed by atoms with E-state index in [1.807, 2.05) is 25.2 Å². The summed E-state index contributed by atoms with van der Waals surface area (Å²) in [5.41, 5.74) is 0. The van der Waals surface area contributed by atoms with Gasteiger partial charge >= 0.3 is 0 Å². The van der Waals surface area contributed by atoms with Crippen LogP contribution in [0.1, 0.15) is 16.7 Å². The van der Waals surface area contributed by atoms with Crippen molar-refractivity contribution < 1.29 is 4.42 Å². The predicted molar refractivity (Wildman–Crippen MR) is 63.5 cm³/mol. The Hall–Kier alpha value is -0.770. The molecule has 0 saturated carbocycles. The molecular formula is C11H12ClNOS. The summed E-state index contributed by atoms with van der Waals surface area (Å²) >= 11 is 7.51. The first-order valence-electron chi connectivity index (χ1n) is 4.74. The average molecular weight is 242 g/mol. The minimum absolute atomic E-state index is 0.272. The van der Waals surface area contributed by atoms with Gasteiger partial charge in [0.1, 0.15) is 5.76 Å². The van der Waals surface area contributed by atoms with E-state index in [4.69, 9.17) is 16.0 Å². The maximum Gasteiger partial charge on any atom is 0.105 e. The fourth-order valence-corrected chi connectivity index (χ4v) is 2.66. The number of thiophene rings is 1. The number of hydrogen-bond acceptors (Lipinski definition) is 3. The third-order valence-corrected chi connectivity index (χ3v) is 3.62. The first-order valence-corrected chi connectivity index (χ1v) is 5.94. The molecule has 4 heteroatoms. The average Bonchev–Trinajstić information content (AvgIpc) is 2.85. The van der Waals surface area contributed by atoms with Gasteiger partial charge in [-0.25, -0.2) is 0 Å². The van der Waals surface area contributed by atoms with Crippen LogP contribution in [0.3, 0.4) is 0 Å². The van der Waals surface area contributed by atoms with Gasteiger partial charge in [-0.2, -0.15) is 0 Å². The number of rotatable bonds is 4. The summed E-state index contributed by atoms with van der Waals surface area (Å²) < 4.78 is 6.15. The highest BCUT2D eigenvalue weighted by Gasteiger charge is 2.13. The molecule has 0 fully saturated rings. The third kappa shape index (κ3) is 2.62. The van der Waals surface area contributed by atoms with Gasteiger partial charge in [0.25, 0.3) is 0 Å². The normalized spacial score (nSPS) is 12.9. The van der Waals surface area contributed by atoms with Crippen molar-refractivity contribution in [2.75, 3.05) is 7.05 Å². The van der Waals surface area contributed by atoms with Crippen LogP contribution in [0, 0.1) is 0 Å². The number of halogens is 1. The maximum atomic E-state index is 5.91. The van der Waals surface area contributed by atoms with Gasteiger partial charge in [-0.1, -0.05) is 11.6 Å². The quantitative estimate of drug-likeness (QED) is 0.887. The van der Waals surface area contributed by atoms with E-state index in [1.54, 1.807) is 17.6 Å². The maximum absolute atomic E-state index is 5.91. The Morgan fingerprint density at radius 2 is 2.33 bits per heavy atom. The summed E-state index contributed by atoms with van der Waals surface area (Å²) in [6.45, 7) is 0. The molecule has 2 aromatic rings. The van der Waals surface area contributed by atoms with Crippen molar-refractivity contribution >= 4 is 22.9 Å². The second-order valence-electron chi connectivity index (χ2n) is 3.27. The van der Waals surface area contributed by atoms with E-state index in [9.17, 15) is 0 Å². The number of furan rings is 1. The minimum atomic E-state index is 0.272. The van der Waals surface area contributed by atoms with E-state index in [0.717, 1.165) is 16.5 Å². The van der Waals surface area contributed by atoms with E-state index >= 15 is 0 Å². The zero-order valence-corrected chi connectivity index (χ0v) is 9.94. The largest absolute Gasteiger partial charge is 0.469 e. The van der Waals surface area contributed by atoms with Gasteiger partial charge in [0.05, 0.1) is 10.6 Å². The van der Waals surface area contributed by atoms with Crippen molar-refractivity contribution in [2.24, 2.45) is 0 Å².